The van der Waals surface area contributed by atoms with E-state index in [0.717, 1.165) is 5.56 Å². The van der Waals surface area contributed by atoms with Gasteiger partial charge in [0.05, 0.1) is 13.2 Å². The number of urea groups is 2. The Labute approximate surface area is 152 Å². The van der Waals surface area contributed by atoms with E-state index in [-0.39, 0.29) is 31.3 Å². The maximum absolute atomic E-state index is 12.2. The molecule has 9 nitrogen and oxygen atoms in total. The van der Waals surface area contributed by atoms with Gasteiger partial charge in [-0.25, -0.2) is 9.59 Å². The molecule has 0 spiro atoms. The average molecular weight is 363 g/mol. The summed E-state index contributed by atoms with van der Waals surface area (Å²) in [4.78, 5) is 36.5. The van der Waals surface area contributed by atoms with Crippen LogP contribution in [0.3, 0.4) is 0 Å². The molecule has 0 saturated carbocycles. The summed E-state index contributed by atoms with van der Waals surface area (Å²) in [7, 11) is 0. The van der Waals surface area contributed by atoms with Gasteiger partial charge < -0.3 is 31.3 Å². The Bertz CT molecular complexity index is 647. The number of nitrogens with one attached hydrogen (secondary N) is 3. The fourth-order valence-electron chi connectivity index (χ4n) is 2.43. The van der Waals surface area contributed by atoms with Crippen LogP contribution in [-0.4, -0.2) is 54.7 Å². The van der Waals surface area contributed by atoms with Crippen LogP contribution in [0.4, 0.5) is 15.3 Å². The molecule has 1 heterocycles. The van der Waals surface area contributed by atoms with Gasteiger partial charge in [-0.05, 0) is 31.5 Å². The number of ether oxygens (including phenoxy) is 1. The molecule has 9 heteroatoms. The monoisotopic (exact) mass is 363 g/mol. The Balaban J connectivity index is 1.81. The molecular weight excluding hydrogens is 338 g/mol. The van der Waals surface area contributed by atoms with Crippen molar-refractivity contribution in [2.75, 3.05) is 25.0 Å². The summed E-state index contributed by atoms with van der Waals surface area (Å²) >= 11 is 0. The van der Waals surface area contributed by atoms with E-state index in [1.165, 1.54) is 4.90 Å². The molecule has 1 aromatic rings. The molecule has 26 heavy (non-hydrogen) atoms. The van der Waals surface area contributed by atoms with Crippen LogP contribution in [0.2, 0.25) is 0 Å². The molecule has 0 radical (unpaired) electrons. The lowest BCUT2D eigenvalue weighted by atomic mass is 10.2. The van der Waals surface area contributed by atoms with Crippen molar-refractivity contribution < 1.29 is 19.1 Å². The first-order chi connectivity index (χ1) is 12.3. The van der Waals surface area contributed by atoms with Crippen molar-refractivity contribution in [3.63, 3.8) is 0 Å². The number of carbonyl (C=O) groups is 3. The third-order valence-corrected chi connectivity index (χ3v) is 3.75. The number of anilines is 1. The predicted molar refractivity (Wildman–Crippen MR) is 96.5 cm³/mol. The summed E-state index contributed by atoms with van der Waals surface area (Å²) in [6, 6.07) is 6.67. The summed E-state index contributed by atoms with van der Waals surface area (Å²) in [6.07, 6.45) is -0.767. The second-order valence-corrected chi connectivity index (χ2v) is 6.32. The van der Waals surface area contributed by atoms with Crippen molar-refractivity contribution in [1.29, 1.82) is 0 Å². The van der Waals surface area contributed by atoms with Crippen molar-refractivity contribution in [2.45, 2.75) is 32.5 Å². The second-order valence-electron chi connectivity index (χ2n) is 6.32. The van der Waals surface area contributed by atoms with E-state index in [0.29, 0.717) is 18.8 Å². The van der Waals surface area contributed by atoms with E-state index in [1.54, 1.807) is 12.1 Å². The highest BCUT2D eigenvalue weighted by Gasteiger charge is 2.27. The zero-order chi connectivity index (χ0) is 19.1. The van der Waals surface area contributed by atoms with Gasteiger partial charge in [0.15, 0.2) is 6.10 Å². The lowest BCUT2D eigenvalue weighted by Gasteiger charge is -2.31. The Morgan fingerprint density at radius 3 is 2.58 bits per heavy atom. The van der Waals surface area contributed by atoms with Crippen LogP contribution in [0, 0.1) is 0 Å². The summed E-state index contributed by atoms with van der Waals surface area (Å²) in [5.74, 6) is -0.577. The third kappa shape index (κ3) is 5.92. The number of carbonyl (C=O) groups excluding carboxylic acids is 3. The molecule has 0 bridgehead atoms. The number of hydrogen-bond donors (Lipinski definition) is 4. The van der Waals surface area contributed by atoms with Gasteiger partial charge in [-0.1, -0.05) is 12.1 Å². The maximum Gasteiger partial charge on any atom is 0.319 e. The summed E-state index contributed by atoms with van der Waals surface area (Å²) < 4.78 is 5.22. The highest BCUT2D eigenvalue weighted by molar-refractivity contribution is 5.89. The van der Waals surface area contributed by atoms with Crippen molar-refractivity contribution in [2.24, 2.45) is 5.73 Å². The number of amides is 5. The zero-order valence-corrected chi connectivity index (χ0v) is 15.0. The zero-order valence-electron chi connectivity index (χ0n) is 15.0. The SMILES string of the molecule is CC(C)NC(=O)Nc1ccc(CNC(=O)N2CCOC(C(N)=O)C2)cc1. The summed E-state index contributed by atoms with van der Waals surface area (Å²) in [5, 5.41) is 8.26. The topological polar surface area (TPSA) is 126 Å². The standard InChI is InChI=1S/C17H25N5O4/c1-11(2)20-16(24)21-13-5-3-12(4-6-13)9-19-17(25)22-7-8-26-14(10-22)15(18)23/h3-6,11,14H,7-10H2,1-2H3,(H2,18,23)(H,19,25)(H2,20,21,24). The molecule has 1 fully saturated rings. The van der Waals surface area contributed by atoms with Gasteiger partial charge in [0, 0.05) is 24.8 Å². The minimum atomic E-state index is -0.767. The van der Waals surface area contributed by atoms with Crippen LogP contribution in [0.25, 0.3) is 0 Å². The molecular formula is C17H25N5O4. The normalized spacial score (nSPS) is 16.9. The number of primary amides is 1. The Kier molecular flexibility index (Phi) is 6.79. The number of rotatable bonds is 5. The van der Waals surface area contributed by atoms with E-state index >= 15 is 0 Å². The number of morpholine rings is 1. The molecule has 1 saturated heterocycles. The predicted octanol–water partition coefficient (Wildman–Crippen LogP) is 0.612. The van der Waals surface area contributed by atoms with Gasteiger partial charge in [0.2, 0.25) is 5.91 Å². The minimum Gasteiger partial charge on any atom is -0.367 e. The molecule has 5 N–H and O–H groups in total. The van der Waals surface area contributed by atoms with Crippen molar-refractivity contribution in [3.8, 4) is 0 Å². The van der Waals surface area contributed by atoms with Gasteiger partial charge in [-0.2, -0.15) is 0 Å². The average Bonchev–Trinajstić information content (AvgIpc) is 2.60. The first-order valence-electron chi connectivity index (χ1n) is 8.45. The molecule has 5 amide bonds. The lowest BCUT2D eigenvalue weighted by Crippen LogP contribution is -2.53. The van der Waals surface area contributed by atoms with Crippen LogP contribution in [0.15, 0.2) is 24.3 Å². The van der Waals surface area contributed by atoms with Crippen molar-refractivity contribution in [3.05, 3.63) is 29.8 Å². The van der Waals surface area contributed by atoms with E-state index < -0.39 is 12.0 Å². The first-order valence-corrected chi connectivity index (χ1v) is 8.45. The Hall–Kier alpha value is -2.81. The highest BCUT2D eigenvalue weighted by Crippen LogP contribution is 2.10. The van der Waals surface area contributed by atoms with Crippen molar-refractivity contribution in [1.82, 2.24) is 15.5 Å². The summed E-state index contributed by atoms with van der Waals surface area (Å²) in [6.45, 7) is 4.92. The Morgan fingerprint density at radius 1 is 1.27 bits per heavy atom. The number of nitrogens with zero attached hydrogens (tertiary/aromatic N) is 1. The van der Waals surface area contributed by atoms with E-state index in [1.807, 2.05) is 26.0 Å². The van der Waals surface area contributed by atoms with Crippen molar-refractivity contribution >= 4 is 23.7 Å². The molecule has 0 aliphatic carbocycles. The molecule has 1 aliphatic heterocycles. The fourth-order valence-corrected chi connectivity index (χ4v) is 2.43. The van der Waals surface area contributed by atoms with Crippen LogP contribution in [-0.2, 0) is 16.1 Å². The number of hydrogen-bond acceptors (Lipinski definition) is 4. The quantitative estimate of drug-likeness (QED) is 0.611. The maximum atomic E-state index is 12.2. The lowest BCUT2D eigenvalue weighted by molar-refractivity contribution is -0.133. The minimum absolute atomic E-state index is 0.0545. The van der Waals surface area contributed by atoms with Crippen LogP contribution in [0.5, 0.6) is 0 Å². The fraction of sp³-hybridized carbons (Fsp3) is 0.471. The van der Waals surface area contributed by atoms with Gasteiger partial charge in [-0.3, -0.25) is 4.79 Å². The third-order valence-electron chi connectivity index (χ3n) is 3.75. The van der Waals surface area contributed by atoms with Crippen LogP contribution < -0.4 is 21.7 Å². The molecule has 1 unspecified atom stereocenters. The molecule has 1 atom stereocenters. The van der Waals surface area contributed by atoms with Crippen LogP contribution in [0.1, 0.15) is 19.4 Å². The first kappa shape index (κ1) is 19.5. The molecule has 0 aromatic heterocycles. The summed E-state index contributed by atoms with van der Waals surface area (Å²) in [5.41, 5.74) is 6.76. The van der Waals surface area contributed by atoms with E-state index in [4.69, 9.17) is 10.5 Å². The highest BCUT2D eigenvalue weighted by atomic mass is 16.5. The molecule has 142 valence electrons. The smallest absolute Gasteiger partial charge is 0.319 e. The largest absolute Gasteiger partial charge is 0.367 e. The second kappa shape index (κ2) is 9.04. The number of benzene rings is 1. The van der Waals surface area contributed by atoms with Gasteiger partial charge in [-0.15, -0.1) is 0 Å². The molecule has 1 aliphatic rings. The molecule has 2 rings (SSSR count). The van der Waals surface area contributed by atoms with Gasteiger partial charge in [0.25, 0.3) is 0 Å². The van der Waals surface area contributed by atoms with E-state index in [2.05, 4.69) is 16.0 Å². The number of nitrogens with two attached hydrogens (primary N) is 1. The molecule has 1 aromatic carbocycles. The van der Waals surface area contributed by atoms with E-state index in [9.17, 15) is 14.4 Å². The van der Waals surface area contributed by atoms with Crippen LogP contribution >= 0.6 is 0 Å². The Morgan fingerprint density at radius 2 is 1.96 bits per heavy atom. The van der Waals surface area contributed by atoms with Gasteiger partial charge in [0.1, 0.15) is 0 Å². The van der Waals surface area contributed by atoms with Gasteiger partial charge >= 0.3 is 12.1 Å².